The van der Waals surface area contributed by atoms with Crippen molar-refractivity contribution in [3.05, 3.63) is 36.8 Å². The van der Waals surface area contributed by atoms with Crippen molar-refractivity contribution in [1.82, 2.24) is 29.2 Å². The Bertz CT molecular complexity index is 1200. The third kappa shape index (κ3) is 2.72. The maximum Gasteiger partial charge on any atom is 0.243 e. The number of imidazole rings is 1. The van der Waals surface area contributed by atoms with Crippen molar-refractivity contribution in [2.45, 2.75) is 31.7 Å². The van der Waals surface area contributed by atoms with E-state index in [1.54, 1.807) is 15.2 Å². The molecule has 0 radical (unpaired) electrons. The SMILES string of the molecule is Nc1nc(NC2CCC3(CC2)COC3)nn2ccc(-c3ccc4nccn4n3)c12. The van der Waals surface area contributed by atoms with Crippen LogP contribution < -0.4 is 11.1 Å². The van der Waals surface area contributed by atoms with Gasteiger partial charge in [0, 0.05) is 35.6 Å². The lowest BCUT2D eigenvalue weighted by atomic mass is 9.71. The van der Waals surface area contributed by atoms with Crippen LogP contribution in [-0.4, -0.2) is 48.5 Å². The number of fused-ring (bicyclic) bond motifs is 2. The highest BCUT2D eigenvalue weighted by Crippen LogP contribution is 2.42. The summed E-state index contributed by atoms with van der Waals surface area (Å²) in [5.41, 5.74) is 10.0. The van der Waals surface area contributed by atoms with Crippen LogP contribution in [-0.2, 0) is 4.74 Å². The third-order valence-corrected chi connectivity index (χ3v) is 6.27. The van der Waals surface area contributed by atoms with Crippen molar-refractivity contribution in [2.75, 3.05) is 24.3 Å². The lowest BCUT2D eigenvalue weighted by molar-refractivity contribution is -0.131. The van der Waals surface area contributed by atoms with Gasteiger partial charge >= 0.3 is 0 Å². The molecule has 1 saturated heterocycles. The summed E-state index contributed by atoms with van der Waals surface area (Å²) >= 11 is 0. The van der Waals surface area contributed by atoms with Crippen LogP contribution in [0.25, 0.3) is 22.4 Å². The highest BCUT2D eigenvalue weighted by molar-refractivity contribution is 5.86. The predicted molar refractivity (Wildman–Crippen MR) is 109 cm³/mol. The maximum atomic E-state index is 6.34. The van der Waals surface area contributed by atoms with Crippen LogP contribution in [0.2, 0.25) is 0 Å². The first kappa shape index (κ1) is 16.7. The van der Waals surface area contributed by atoms with Crippen molar-refractivity contribution < 1.29 is 4.74 Å². The summed E-state index contributed by atoms with van der Waals surface area (Å²) in [5.74, 6) is 1.01. The first-order valence-corrected chi connectivity index (χ1v) is 9.99. The average Bonchev–Trinajstić information content (AvgIpc) is 3.33. The zero-order valence-corrected chi connectivity index (χ0v) is 16.0. The Labute approximate surface area is 166 Å². The van der Waals surface area contributed by atoms with Gasteiger partial charge in [-0.15, -0.1) is 5.10 Å². The Morgan fingerprint density at radius 2 is 1.93 bits per heavy atom. The van der Waals surface area contributed by atoms with Crippen LogP contribution in [0.1, 0.15) is 25.7 Å². The fraction of sp³-hybridized carbons (Fsp3) is 0.400. The number of aromatic nitrogens is 6. The van der Waals surface area contributed by atoms with Gasteiger partial charge in [0.15, 0.2) is 11.5 Å². The van der Waals surface area contributed by atoms with E-state index in [-0.39, 0.29) is 0 Å². The molecule has 6 rings (SSSR count). The van der Waals surface area contributed by atoms with Gasteiger partial charge < -0.3 is 15.8 Å². The summed E-state index contributed by atoms with van der Waals surface area (Å²) < 4.78 is 8.94. The van der Waals surface area contributed by atoms with E-state index in [4.69, 9.17) is 10.5 Å². The largest absolute Gasteiger partial charge is 0.382 e. The zero-order valence-electron chi connectivity index (χ0n) is 16.0. The molecular formula is C20H22N8O. The maximum absolute atomic E-state index is 6.34. The molecule has 2 aliphatic rings. The normalized spacial score (nSPS) is 19.0. The number of ether oxygens (including phenoxy) is 1. The molecule has 1 saturated carbocycles. The molecule has 2 fully saturated rings. The Morgan fingerprint density at radius 1 is 1.07 bits per heavy atom. The van der Waals surface area contributed by atoms with Crippen molar-refractivity contribution in [2.24, 2.45) is 5.41 Å². The van der Waals surface area contributed by atoms with Crippen LogP contribution in [0, 0.1) is 5.41 Å². The number of nitrogen functional groups attached to an aromatic ring is 1. The minimum Gasteiger partial charge on any atom is -0.382 e. The van der Waals surface area contributed by atoms with Crippen molar-refractivity contribution >= 4 is 22.9 Å². The molecule has 148 valence electrons. The molecule has 9 nitrogen and oxygen atoms in total. The molecule has 0 unspecified atom stereocenters. The van der Waals surface area contributed by atoms with Crippen LogP contribution in [0.15, 0.2) is 36.8 Å². The van der Waals surface area contributed by atoms with E-state index in [1.807, 2.05) is 30.6 Å². The van der Waals surface area contributed by atoms with Gasteiger partial charge in [-0.2, -0.15) is 10.1 Å². The molecule has 1 aliphatic carbocycles. The Kier molecular flexibility index (Phi) is 3.55. The second kappa shape index (κ2) is 6.15. The van der Waals surface area contributed by atoms with Crippen molar-refractivity contribution in [3.8, 4) is 11.3 Å². The summed E-state index contributed by atoms with van der Waals surface area (Å²) in [7, 11) is 0. The highest BCUT2D eigenvalue weighted by atomic mass is 16.5. The average molecular weight is 390 g/mol. The summed E-state index contributed by atoms with van der Waals surface area (Å²) in [6, 6.07) is 6.21. The second-order valence-electron chi connectivity index (χ2n) is 8.20. The number of nitrogens with one attached hydrogen (secondary N) is 1. The van der Waals surface area contributed by atoms with Crippen molar-refractivity contribution in [3.63, 3.8) is 0 Å². The Balaban J connectivity index is 1.28. The number of anilines is 2. The minimum absolute atomic E-state index is 0.374. The van der Waals surface area contributed by atoms with E-state index in [1.165, 1.54) is 12.8 Å². The molecule has 3 N–H and O–H groups in total. The van der Waals surface area contributed by atoms with Gasteiger partial charge in [-0.25, -0.2) is 14.0 Å². The smallest absolute Gasteiger partial charge is 0.243 e. The van der Waals surface area contributed by atoms with Crippen molar-refractivity contribution in [1.29, 1.82) is 0 Å². The topological polar surface area (TPSA) is 108 Å². The molecule has 0 atom stereocenters. The summed E-state index contributed by atoms with van der Waals surface area (Å²) in [5, 5.41) is 12.7. The molecule has 5 heterocycles. The van der Waals surface area contributed by atoms with E-state index in [2.05, 4.69) is 25.5 Å². The van der Waals surface area contributed by atoms with E-state index >= 15 is 0 Å². The molecule has 1 spiro atoms. The predicted octanol–water partition coefficient (Wildman–Crippen LogP) is 2.39. The highest BCUT2D eigenvalue weighted by Gasteiger charge is 2.41. The van der Waals surface area contributed by atoms with Crippen LogP contribution in [0.3, 0.4) is 0 Å². The molecular weight excluding hydrogens is 368 g/mol. The Morgan fingerprint density at radius 3 is 2.72 bits per heavy atom. The van der Waals surface area contributed by atoms with Crippen LogP contribution in [0.4, 0.5) is 11.8 Å². The molecule has 1 aliphatic heterocycles. The van der Waals surface area contributed by atoms with Gasteiger partial charge in [0.25, 0.3) is 0 Å². The lowest BCUT2D eigenvalue weighted by Gasteiger charge is -2.46. The van der Waals surface area contributed by atoms with E-state index < -0.39 is 0 Å². The number of rotatable bonds is 3. The van der Waals surface area contributed by atoms with Gasteiger partial charge in [-0.1, -0.05) is 0 Å². The fourth-order valence-electron chi connectivity index (χ4n) is 4.52. The molecule has 0 aromatic carbocycles. The monoisotopic (exact) mass is 390 g/mol. The van der Waals surface area contributed by atoms with Gasteiger partial charge in [0.2, 0.25) is 5.95 Å². The van der Waals surface area contributed by atoms with Gasteiger partial charge in [-0.05, 0) is 43.9 Å². The second-order valence-corrected chi connectivity index (χ2v) is 8.20. The lowest BCUT2D eigenvalue weighted by Crippen LogP contribution is -2.47. The summed E-state index contributed by atoms with van der Waals surface area (Å²) in [4.78, 5) is 8.78. The quantitative estimate of drug-likeness (QED) is 0.553. The number of nitrogens with zero attached hydrogens (tertiary/aromatic N) is 6. The van der Waals surface area contributed by atoms with Crippen LogP contribution >= 0.6 is 0 Å². The molecule has 4 aromatic heterocycles. The molecule has 0 bridgehead atoms. The van der Waals surface area contributed by atoms with Crippen LogP contribution in [0.5, 0.6) is 0 Å². The number of hydrogen-bond donors (Lipinski definition) is 2. The molecule has 0 amide bonds. The molecule has 29 heavy (non-hydrogen) atoms. The number of nitrogens with two attached hydrogens (primary N) is 1. The van der Waals surface area contributed by atoms with E-state index in [0.717, 1.165) is 48.5 Å². The first-order chi connectivity index (χ1) is 14.2. The Hall–Kier alpha value is -3.20. The molecule has 9 heteroatoms. The minimum atomic E-state index is 0.374. The number of hydrogen-bond acceptors (Lipinski definition) is 7. The standard InChI is InChI=1S/C20H22N8O/c21-18-17-14(15-1-2-16-22-8-10-27(16)25-15)5-9-28(17)26-19(24-18)23-13-3-6-20(7-4-13)11-29-12-20/h1-2,5,8-10,13H,3-4,6-7,11-12H2,(H3,21,23,24,26). The van der Waals surface area contributed by atoms with Gasteiger partial charge in [-0.3, -0.25) is 0 Å². The third-order valence-electron chi connectivity index (χ3n) is 6.27. The van der Waals surface area contributed by atoms with Gasteiger partial charge in [0.05, 0.1) is 18.9 Å². The summed E-state index contributed by atoms with van der Waals surface area (Å²) in [6.07, 6.45) is 10.0. The van der Waals surface area contributed by atoms with E-state index in [9.17, 15) is 0 Å². The fourth-order valence-corrected chi connectivity index (χ4v) is 4.52. The van der Waals surface area contributed by atoms with Gasteiger partial charge in [0.1, 0.15) is 5.52 Å². The zero-order chi connectivity index (χ0) is 19.4. The first-order valence-electron chi connectivity index (χ1n) is 9.99. The summed E-state index contributed by atoms with van der Waals surface area (Å²) in [6.45, 7) is 1.83. The molecule has 4 aromatic rings. The van der Waals surface area contributed by atoms with E-state index in [0.29, 0.717) is 23.2 Å².